The standard InChI is InChI=1S/C39H34B10N4O/c40-27-25(28(41)32(45)35(48)31(27)44)38-50-37(51-39(52-38)26-29(42)33(46)36(49)34(47)30(26)43)17-9-5-13-21-23(17)24-20(12-6-14-22(24)54-21)53-18-10-3-1-7-15(18)16-8-2-4-11-19(16)53/h1-14H,40-49H2. The van der Waals surface area contributed by atoms with E-state index in [9.17, 15) is 0 Å². The Hall–Kier alpha value is -5.42. The third kappa shape index (κ3) is 4.90. The molecule has 0 aliphatic rings. The molecule has 0 amide bonds. The molecule has 9 rings (SSSR count). The molecule has 9 aromatic rings. The van der Waals surface area contributed by atoms with Crippen molar-refractivity contribution in [3.63, 3.8) is 0 Å². The fourth-order valence-corrected chi connectivity index (χ4v) is 8.79. The number of hydrogen-bond donors (Lipinski definition) is 0. The Kier molecular flexibility index (Phi) is 8.00. The van der Waals surface area contributed by atoms with Crippen LogP contribution in [0, 0.1) is 0 Å². The Labute approximate surface area is 324 Å². The van der Waals surface area contributed by atoms with E-state index in [0.717, 1.165) is 55.3 Å². The summed E-state index contributed by atoms with van der Waals surface area (Å²) >= 11 is 0. The van der Waals surface area contributed by atoms with Crippen LogP contribution in [0.2, 0.25) is 0 Å². The second kappa shape index (κ2) is 12.6. The maximum atomic E-state index is 6.69. The van der Waals surface area contributed by atoms with E-state index in [-0.39, 0.29) is 0 Å². The van der Waals surface area contributed by atoms with Gasteiger partial charge in [0, 0.05) is 32.8 Å². The summed E-state index contributed by atoms with van der Waals surface area (Å²) in [7, 11) is 22.1. The molecule has 0 aliphatic heterocycles. The molecule has 0 spiro atoms. The van der Waals surface area contributed by atoms with Crippen LogP contribution in [0.25, 0.3) is 83.6 Å². The van der Waals surface area contributed by atoms with Crippen LogP contribution in [0.3, 0.4) is 0 Å². The van der Waals surface area contributed by atoms with Crippen molar-refractivity contribution in [2.24, 2.45) is 0 Å². The average Bonchev–Trinajstić information content (AvgIpc) is 3.74. The summed E-state index contributed by atoms with van der Waals surface area (Å²) in [5.74, 6) is 2.02. The number of para-hydroxylation sites is 2. The summed E-state index contributed by atoms with van der Waals surface area (Å²) in [6.45, 7) is 0. The number of aromatic nitrogens is 4. The minimum absolute atomic E-state index is 0.629. The van der Waals surface area contributed by atoms with Crippen LogP contribution < -0.4 is 54.6 Å². The summed E-state index contributed by atoms with van der Waals surface area (Å²) in [6, 6.07) is 29.9. The van der Waals surface area contributed by atoms with Crippen molar-refractivity contribution in [3.8, 4) is 39.9 Å². The zero-order valence-corrected chi connectivity index (χ0v) is 32.8. The van der Waals surface area contributed by atoms with Crippen LogP contribution in [0.5, 0.6) is 0 Å². The largest absolute Gasteiger partial charge is 0.456 e. The van der Waals surface area contributed by atoms with E-state index in [1.165, 1.54) is 65.4 Å². The van der Waals surface area contributed by atoms with Gasteiger partial charge in [0.25, 0.3) is 0 Å². The van der Waals surface area contributed by atoms with Crippen LogP contribution in [-0.2, 0) is 0 Å². The second-order valence-corrected chi connectivity index (χ2v) is 15.1. The SMILES string of the molecule is Bc1c(B)c(B)c(-c2nc(-c3c(B)c(B)c(B)c(B)c3B)nc(-c3cccc4oc5cccc(-n6c7ccccc7c7ccccc76)c5c34)n2)c(B)c1B. The van der Waals surface area contributed by atoms with Gasteiger partial charge in [-0.3, -0.25) is 0 Å². The summed E-state index contributed by atoms with van der Waals surface area (Å²) < 4.78 is 9.06. The van der Waals surface area contributed by atoms with Crippen LogP contribution in [-0.4, -0.2) is 98.0 Å². The highest BCUT2D eigenvalue weighted by Crippen LogP contribution is 2.41. The highest BCUT2D eigenvalue weighted by molar-refractivity contribution is 6.70. The van der Waals surface area contributed by atoms with Gasteiger partial charge < -0.3 is 8.98 Å². The predicted octanol–water partition coefficient (Wildman–Crippen LogP) is -7.55. The van der Waals surface area contributed by atoms with Crippen LogP contribution in [0.4, 0.5) is 0 Å². The first-order chi connectivity index (χ1) is 26.0. The fraction of sp³-hybridized carbons (Fsp3) is 0. The van der Waals surface area contributed by atoms with Gasteiger partial charge in [0.05, 0.1) is 22.1 Å². The smallest absolute Gasteiger partial charge is 0.164 e. The number of fused-ring (bicyclic) bond motifs is 6. The molecule has 3 heterocycles. The molecule has 15 heteroatoms. The molecule has 0 fully saturated rings. The molecular formula is C39H34B10N4O. The van der Waals surface area contributed by atoms with Gasteiger partial charge in [0.1, 0.15) is 89.6 Å². The van der Waals surface area contributed by atoms with Gasteiger partial charge in [-0.25, -0.2) is 15.0 Å². The maximum absolute atomic E-state index is 6.69. The molecule has 5 nitrogen and oxygen atoms in total. The average molecular weight is 683 g/mol. The fourth-order valence-electron chi connectivity index (χ4n) is 8.79. The molecule has 0 bridgehead atoms. The van der Waals surface area contributed by atoms with Crippen molar-refractivity contribution < 1.29 is 4.42 Å². The van der Waals surface area contributed by atoms with Crippen molar-refractivity contribution in [2.45, 2.75) is 0 Å². The topological polar surface area (TPSA) is 56.7 Å². The Morgan fingerprint density at radius 1 is 0.389 bits per heavy atom. The molecule has 0 aliphatic carbocycles. The van der Waals surface area contributed by atoms with Gasteiger partial charge in [-0.1, -0.05) is 76.4 Å². The Morgan fingerprint density at radius 2 is 0.796 bits per heavy atom. The lowest BCUT2D eigenvalue weighted by atomic mass is 9.60. The van der Waals surface area contributed by atoms with Crippen molar-refractivity contribution in [1.82, 2.24) is 19.5 Å². The molecule has 0 saturated heterocycles. The first-order valence-electron chi connectivity index (χ1n) is 18.8. The van der Waals surface area contributed by atoms with Gasteiger partial charge in [-0.15, -0.1) is 32.8 Å². The van der Waals surface area contributed by atoms with E-state index < -0.39 is 0 Å². The van der Waals surface area contributed by atoms with Gasteiger partial charge in [0.15, 0.2) is 17.5 Å². The molecule has 0 unspecified atom stereocenters. The Bertz CT molecular complexity index is 2880. The van der Waals surface area contributed by atoms with E-state index in [1.54, 1.807) is 0 Å². The van der Waals surface area contributed by atoms with Crippen LogP contribution >= 0.6 is 0 Å². The van der Waals surface area contributed by atoms with Crippen molar-refractivity contribution >= 4 is 177 Å². The van der Waals surface area contributed by atoms with Crippen molar-refractivity contribution in [2.75, 3.05) is 0 Å². The van der Waals surface area contributed by atoms with Gasteiger partial charge in [-0.2, -0.15) is 0 Å². The third-order valence-corrected chi connectivity index (χ3v) is 12.6. The normalized spacial score (nSPS) is 11.7. The molecule has 6 aromatic carbocycles. The molecule has 0 N–H and O–H groups in total. The lowest BCUT2D eigenvalue weighted by Gasteiger charge is -2.22. The zero-order valence-electron chi connectivity index (χ0n) is 32.8. The molecule has 0 atom stereocenters. The first kappa shape index (κ1) is 34.4. The number of benzene rings is 6. The molecule has 0 saturated carbocycles. The van der Waals surface area contributed by atoms with Crippen molar-refractivity contribution in [1.29, 1.82) is 0 Å². The zero-order chi connectivity index (χ0) is 37.7. The highest BCUT2D eigenvalue weighted by Gasteiger charge is 2.25. The number of rotatable bonds is 4. The first-order valence-corrected chi connectivity index (χ1v) is 18.8. The number of nitrogens with zero attached hydrogens (tertiary/aromatic N) is 4. The molecule has 246 valence electrons. The van der Waals surface area contributed by atoms with E-state index in [2.05, 4.69) is 168 Å². The quantitative estimate of drug-likeness (QED) is 0.173. The van der Waals surface area contributed by atoms with E-state index in [4.69, 9.17) is 19.4 Å². The maximum Gasteiger partial charge on any atom is 0.164 e. The molecular weight excluding hydrogens is 649 g/mol. The molecule has 54 heavy (non-hydrogen) atoms. The summed E-state index contributed by atoms with van der Waals surface area (Å²) in [5, 5.41) is 4.45. The lowest BCUT2D eigenvalue weighted by Crippen LogP contribution is -2.55. The Balaban J connectivity index is 1.41. The van der Waals surface area contributed by atoms with Crippen molar-refractivity contribution in [3.05, 3.63) is 84.9 Å². The van der Waals surface area contributed by atoms with E-state index in [1.807, 2.05) is 0 Å². The van der Waals surface area contributed by atoms with Gasteiger partial charge in [-0.05, 0) is 30.3 Å². The number of hydrogen-bond acceptors (Lipinski definition) is 4. The van der Waals surface area contributed by atoms with Gasteiger partial charge in [0.2, 0.25) is 0 Å². The van der Waals surface area contributed by atoms with Gasteiger partial charge >= 0.3 is 0 Å². The Morgan fingerprint density at radius 3 is 1.30 bits per heavy atom. The van der Waals surface area contributed by atoms with E-state index in [0.29, 0.717) is 17.5 Å². The summed E-state index contributed by atoms with van der Waals surface area (Å²) in [5.41, 5.74) is 20.5. The molecule has 0 radical (unpaired) electrons. The predicted molar refractivity (Wildman–Crippen MR) is 260 cm³/mol. The minimum Gasteiger partial charge on any atom is -0.456 e. The second-order valence-electron chi connectivity index (χ2n) is 15.1. The highest BCUT2D eigenvalue weighted by atomic mass is 16.3. The third-order valence-electron chi connectivity index (χ3n) is 12.6. The van der Waals surface area contributed by atoms with Crippen LogP contribution in [0.1, 0.15) is 0 Å². The molecule has 3 aromatic heterocycles. The lowest BCUT2D eigenvalue weighted by molar-refractivity contribution is 0.669. The summed E-state index contributed by atoms with van der Waals surface area (Å²) in [4.78, 5) is 16.2. The minimum atomic E-state index is 0.629. The van der Waals surface area contributed by atoms with Crippen LogP contribution in [0.15, 0.2) is 89.3 Å². The monoisotopic (exact) mass is 684 g/mol. The van der Waals surface area contributed by atoms with E-state index >= 15 is 0 Å². The summed E-state index contributed by atoms with van der Waals surface area (Å²) in [6.07, 6.45) is 0. The number of furan rings is 1.